The molecule has 4 fully saturated rings. The second-order valence-corrected chi connectivity index (χ2v) is 11.9. The molecule has 0 saturated heterocycles. The summed E-state index contributed by atoms with van der Waals surface area (Å²) < 4.78 is 41.9. The van der Waals surface area contributed by atoms with Crippen LogP contribution in [-0.2, 0) is 19.1 Å². The number of carbonyl (C=O) groups is 2. The van der Waals surface area contributed by atoms with Gasteiger partial charge in [-0.3, -0.25) is 9.59 Å². The first-order valence-corrected chi connectivity index (χ1v) is 13.5. The number of hydrogen-bond acceptors (Lipinski definition) is 6. The van der Waals surface area contributed by atoms with Crippen molar-refractivity contribution in [2.24, 2.45) is 5.41 Å². The van der Waals surface area contributed by atoms with Gasteiger partial charge in [-0.15, -0.1) is 0 Å². The summed E-state index contributed by atoms with van der Waals surface area (Å²) in [5.41, 5.74) is 0.232. The topological polar surface area (TPSA) is 94.1 Å². The normalized spacial score (nSPS) is 34.7. The maximum absolute atomic E-state index is 13.2. The monoisotopic (exact) mass is 541 g/mol. The Bertz CT molecular complexity index is 1020. The smallest absolute Gasteiger partial charge is 0.353 e. The van der Waals surface area contributed by atoms with Crippen molar-refractivity contribution in [2.45, 2.75) is 107 Å². The van der Waals surface area contributed by atoms with Crippen molar-refractivity contribution in [2.75, 3.05) is 6.61 Å². The first-order valence-electron chi connectivity index (χ1n) is 13.1. The van der Waals surface area contributed by atoms with Crippen molar-refractivity contribution in [3.63, 3.8) is 0 Å². The lowest BCUT2D eigenvalue weighted by Crippen LogP contribution is -2.58. The van der Waals surface area contributed by atoms with Gasteiger partial charge in [0.15, 0.2) is 11.9 Å². The van der Waals surface area contributed by atoms with E-state index in [4.69, 9.17) is 21.1 Å². The van der Waals surface area contributed by atoms with Crippen molar-refractivity contribution in [1.29, 1.82) is 0 Å². The molecular formula is C27H34ClF2NO6. The maximum Gasteiger partial charge on any atom is 0.353 e. The Morgan fingerprint density at radius 3 is 2.46 bits per heavy atom. The van der Waals surface area contributed by atoms with Crippen LogP contribution in [0.25, 0.3) is 0 Å². The third kappa shape index (κ3) is 6.10. The number of fused-ring (bicyclic) bond motifs is 4. The van der Waals surface area contributed by atoms with Crippen molar-refractivity contribution in [3.8, 4) is 5.75 Å². The van der Waals surface area contributed by atoms with E-state index in [1.54, 1.807) is 18.2 Å². The molecule has 1 heterocycles. The standard InChI is InChI=1S/C27H34ClF2NO6/c1-25(29,30)37-18-11-17(12-18)35-15-24(34)31-27-7-4-26(5-8-27,6-9-27)14-21(33)23-13-20(32)19-10-16(28)2-3-22(19)36-23/h2-3,10,17-18,20,23,32H,4-9,11-15H2,1H3,(H,31,34)/t17?,18?,20-,23+,26?,27?/m1/s1. The number of benzene rings is 1. The minimum atomic E-state index is -3.15. The predicted molar refractivity (Wildman–Crippen MR) is 131 cm³/mol. The Balaban J connectivity index is 1.07. The second-order valence-electron chi connectivity index (χ2n) is 11.5. The summed E-state index contributed by atoms with van der Waals surface area (Å²) in [4.78, 5) is 25.8. The van der Waals surface area contributed by atoms with Crippen LogP contribution in [0, 0.1) is 5.41 Å². The molecule has 0 unspecified atom stereocenters. The zero-order valence-electron chi connectivity index (χ0n) is 20.9. The molecule has 0 radical (unpaired) electrons. The zero-order chi connectivity index (χ0) is 26.4. The van der Waals surface area contributed by atoms with Crippen molar-refractivity contribution in [3.05, 3.63) is 28.8 Å². The Morgan fingerprint density at radius 1 is 1.14 bits per heavy atom. The van der Waals surface area contributed by atoms with E-state index in [-0.39, 0.29) is 41.8 Å². The van der Waals surface area contributed by atoms with Gasteiger partial charge in [-0.1, -0.05) is 11.6 Å². The van der Waals surface area contributed by atoms with Crippen LogP contribution in [0.2, 0.25) is 5.02 Å². The average molecular weight is 542 g/mol. The van der Waals surface area contributed by atoms with Crippen LogP contribution in [0.15, 0.2) is 18.2 Å². The molecule has 10 heteroatoms. The van der Waals surface area contributed by atoms with Gasteiger partial charge in [0, 0.05) is 48.7 Å². The highest BCUT2D eigenvalue weighted by Crippen LogP contribution is 2.54. The number of halogens is 3. The first-order chi connectivity index (χ1) is 17.4. The van der Waals surface area contributed by atoms with E-state index in [0.29, 0.717) is 35.6 Å². The van der Waals surface area contributed by atoms with E-state index in [9.17, 15) is 23.5 Å². The highest BCUT2D eigenvalue weighted by atomic mass is 35.5. The molecule has 0 aromatic heterocycles. The lowest BCUT2D eigenvalue weighted by Gasteiger charge is -2.54. The largest absolute Gasteiger partial charge is 0.482 e. The molecule has 1 amide bonds. The summed E-state index contributed by atoms with van der Waals surface area (Å²) in [6.45, 7) is 0.621. The molecule has 4 aliphatic carbocycles. The van der Waals surface area contributed by atoms with Crippen LogP contribution >= 0.6 is 11.6 Å². The maximum atomic E-state index is 13.2. The van der Waals surface area contributed by atoms with Crippen LogP contribution in [0.3, 0.4) is 0 Å². The van der Waals surface area contributed by atoms with Gasteiger partial charge >= 0.3 is 6.11 Å². The fourth-order valence-corrected chi connectivity index (χ4v) is 6.56. The van der Waals surface area contributed by atoms with Gasteiger partial charge in [-0.25, -0.2) is 0 Å². The van der Waals surface area contributed by atoms with E-state index in [1.165, 1.54) is 0 Å². The summed E-state index contributed by atoms with van der Waals surface area (Å²) in [5, 5.41) is 14.2. The molecule has 5 aliphatic rings. The van der Waals surface area contributed by atoms with Gasteiger partial charge in [-0.2, -0.15) is 8.78 Å². The molecule has 6 rings (SSSR count). The summed E-state index contributed by atoms with van der Waals surface area (Å²) >= 11 is 6.02. The Labute approximate surface area is 220 Å². The number of nitrogens with one attached hydrogen (secondary N) is 1. The summed E-state index contributed by atoms with van der Waals surface area (Å²) in [5.74, 6) is 0.317. The minimum Gasteiger partial charge on any atom is -0.482 e. The number of ether oxygens (including phenoxy) is 3. The van der Waals surface area contributed by atoms with Crippen LogP contribution in [0.4, 0.5) is 8.78 Å². The number of ketones is 1. The highest BCUT2D eigenvalue weighted by molar-refractivity contribution is 6.30. The fraction of sp³-hybridized carbons (Fsp3) is 0.704. The molecular weight excluding hydrogens is 508 g/mol. The molecule has 7 nitrogen and oxygen atoms in total. The molecule has 4 saturated carbocycles. The van der Waals surface area contributed by atoms with E-state index < -0.39 is 24.4 Å². The molecule has 0 spiro atoms. The van der Waals surface area contributed by atoms with Gasteiger partial charge in [0.2, 0.25) is 5.91 Å². The van der Waals surface area contributed by atoms with E-state index in [1.807, 2.05) is 0 Å². The summed E-state index contributed by atoms with van der Waals surface area (Å²) in [6, 6.07) is 5.05. The molecule has 2 N–H and O–H groups in total. The van der Waals surface area contributed by atoms with Gasteiger partial charge in [0.25, 0.3) is 0 Å². The second kappa shape index (κ2) is 10.1. The number of Topliss-reactive ketones (excluding diaryl/α,β-unsaturated/α-hetero) is 1. The SMILES string of the molecule is CC(F)(F)OC1CC(OCC(=O)NC23CCC(CC(=O)[C@@H]4C[C@@H](O)c5cc(Cl)ccc5O4)(CC2)CC3)C1. The number of hydrogen-bond donors (Lipinski definition) is 2. The van der Waals surface area contributed by atoms with Gasteiger partial charge in [-0.05, 0) is 62.1 Å². The zero-order valence-corrected chi connectivity index (χ0v) is 21.7. The van der Waals surface area contributed by atoms with Crippen LogP contribution in [0.1, 0.15) is 82.8 Å². The summed E-state index contributed by atoms with van der Waals surface area (Å²) in [7, 11) is 0. The van der Waals surface area contributed by atoms with Crippen molar-refractivity contribution < 1.29 is 37.7 Å². The van der Waals surface area contributed by atoms with Crippen molar-refractivity contribution >= 4 is 23.3 Å². The molecule has 37 heavy (non-hydrogen) atoms. The Morgan fingerprint density at radius 2 is 1.81 bits per heavy atom. The average Bonchev–Trinajstić information content (AvgIpc) is 2.81. The van der Waals surface area contributed by atoms with Crippen LogP contribution in [-0.4, -0.2) is 53.4 Å². The molecule has 204 valence electrons. The Kier molecular flexibility index (Phi) is 7.28. The number of alkyl halides is 2. The molecule has 1 aromatic rings. The molecule has 2 bridgehead atoms. The minimum absolute atomic E-state index is 0.00935. The third-order valence-corrected chi connectivity index (χ3v) is 8.86. The predicted octanol–water partition coefficient (Wildman–Crippen LogP) is 4.87. The van der Waals surface area contributed by atoms with Gasteiger partial charge in [0.05, 0.1) is 18.3 Å². The number of carbonyl (C=O) groups excluding carboxylic acids is 2. The lowest BCUT2D eigenvalue weighted by molar-refractivity contribution is -0.275. The number of rotatable bonds is 9. The lowest BCUT2D eigenvalue weighted by atomic mass is 9.55. The molecule has 1 aliphatic heterocycles. The van der Waals surface area contributed by atoms with Gasteiger partial charge < -0.3 is 24.6 Å². The number of aliphatic hydroxyl groups excluding tert-OH is 1. The summed E-state index contributed by atoms with van der Waals surface area (Å²) in [6.07, 6.45) is 0.871. The van der Waals surface area contributed by atoms with E-state index in [2.05, 4.69) is 10.1 Å². The van der Waals surface area contributed by atoms with Crippen molar-refractivity contribution in [1.82, 2.24) is 5.32 Å². The van der Waals surface area contributed by atoms with Crippen LogP contribution < -0.4 is 10.1 Å². The van der Waals surface area contributed by atoms with E-state index >= 15 is 0 Å². The number of aliphatic hydroxyl groups is 1. The fourth-order valence-electron chi connectivity index (χ4n) is 6.38. The van der Waals surface area contributed by atoms with Crippen LogP contribution in [0.5, 0.6) is 5.75 Å². The highest BCUT2D eigenvalue weighted by Gasteiger charge is 2.51. The number of amides is 1. The van der Waals surface area contributed by atoms with E-state index in [0.717, 1.165) is 45.4 Å². The first kappa shape index (κ1) is 26.8. The third-order valence-electron chi connectivity index (χ3n) is 8.63. The van der Waals surface area contributed by atoms with Gasteiger partial charge in [0.1, 0.15) is 12.4 Å². The molecule has 1 aromatic carbocycles. The molecule has 2 atom stereocenters. The quantitative estimate of drug-likeness (QED) is 0.463. The Hall–Kier alpha value is -1.81.